The largest absolute Gasteiger partial charge is 0.496 e. The maximum Gasteiger partial charge on any atom is 0.335 e. The first-order valence-electron chi connectivity index (χ1n) is 6.18. The van der Waals surface area contributed by atoms with Gasteiger partial charge in [0.1, 0.15) is 5.75 Å². The molecule has 0 radical (unpaired) electrons. The van der Waals surface area contributed by atoms with Crippen LogP contribution < -0.4 is 4.74 Å². The van der Waals surface area contributed by atoms with E-state index < -0.39 is 5.97 Å². The number of rotatable bonds is 5. The minimum absolute atomic E-state index is 0.161. The van der Waals surface area contributed by atoms with E-state index in [-0.39, 0.29) is 11.5 Å². The van der Waals surface area contributed by atoms with E-state index in [4.69, 9.17) is 9.84 Å². The van der Waals surface area contributed by atoms with Crippen LogP contribution in [0.2, 0.25) is 0 Å². The van der Waals surface area contributed by atoms with Crippen molar-refractivity contribution >= 4 is 5.97 Å². The van der Waals surface area contributed by atoms with Crippen molar-refractivity contribution in [3.05, 3.63) is 53.1 Å². The summed E-state index contributed by atoms with van der Waals surface area (Å²) in [6, 6.07) is 4.97. The van der Waals surface area contributed by atoms with Gasteiger partial charge in [-0.25, -0.2) is 4.79 Å². The number of ether oxygens (including phenoxy) is 1. The van der Waals surface area contributed by atoms with Crippen LogP contribution >= 0.6 is 0 Å². The third-order valence-electron chi connectivity index (χ3n) is 2.80. The van der Waals surface area contributed by atoms with Crippen LogP contribution in [0.15, 0.2) is 42.0 Å². The fraction of sp³-hybridized carbons (Fsp3) is 0.312. The van der Waals surface area contributed by atoms with Crippen molar-refractivity contribution in [1.29, 1.82) is 0 Å². The standard InChI is InChI=1S/C16H20O3/c1-11(2)6-5-7-12(3)14-9-8-13(16(17)18)10-15(14)19-4/h5-10,12H,1-4H3,(H,17,18)/b7-5+/t12-/m1/s1. The van der Waals surface area contributed by atoms with E-state index in [1.807, 2.05) is 32.9 Å². The first-order valence-corrected chi connectivity index (χ1v) is 6.18. The summed E-state index contributed by atoms with van der Waals surface area (Å²) in [5.74, 6) is -0.180. The smallest absolute Gasteiger partial charge is 0.335 e. The number of carbonyl (C=O) groups is 1. The number of hydrogen-bond donors (Lipinski definition) is 1. The molecular weight excluding hydrogens is 240 g/mol. The van der Waals surface area contributed by atoms with Crippen molar-refractivity contribution in [1.82, 2.24) is 0 Å². The van der Waals surface area contributed by atoms with Gasteiger partial charge in [-0.3, -0.25) is 0 Å². The van der Waals surface area contributed by atoms with E-state index in [2.05, 4.69) is 6.08 Å². The molecule has 0 aromatic heterocycles. The van der Waals surface area contributed by atoms with Crippen molar-refractivity contribution in [2.24, 2.45) is 0 Å². The summed E-state index contributed by atoms with van der Waals surface area (Å²) < 4.78 is 5.27. The first-order chi connectivity index (χ1) is 8.95. The third kappa shape index (κ3) is 4.28. The zero-order valence-corrected chi connectivity index (χ0v) is 11.8. The minimum Gasteiger partial charge on any atom is -0.496 e. The third-order valence-corrected chi connectivity index (χ3v) is 2.80. The number of benzene rings is 1. The lowest BCUT2D eigenvalue weighted by Gasteiger charge is -2.13. The van der Waals surface area contributed by atoms with Gasteiger partial charge >= 0.3 is 5.97 Å². The maximum atomic E-state index is 10.9. The molecule has 0 saturated heterocycles. The van der Waals surface area contributed by atoms with Crippen molar-refractivity contribution < 1.29 is 14.6 Å². The van der Waals surface area contributed by atoms with Crippen molar-refractivity contribution in [3.8, 4) is 5.75 Å². The molecule has 0 spiro atoms. The molecule has 0 saturated carbocycles. The van der Waals surface area contributed by atoms with Gasteiger partial charge in [-0.1, -0.05) is 36.8 Å². The Morgan fingerprint density at radius 2 is 2.05 bits per heavy atom. The van der Waals surface area contributed by atoms with E-state index in [1.54, 1.807) is 25.3 Å². The molecule has 1 aromatic carbocycles. The molecule has 1 atom stereocenters. The van der Waals surface area contributed by atoms with E-state index in [1.165, 1.54) is 5.57 Å². The summed E-state index contributed by atoms with van der Waals surface area (Å²) in [6.07, 6.45) is 6.10. The van der Waals surface area contributed by atoms with Crippen LogP contribution in [0, 0.1) is 0 Å². The number of allylic oxidation sites excluding steroid dienone is 4. The molecule has 0 heterocycles. The molecule has 0 fully saturated rings. The Morgan fingerprint density at radius 1 is 1.37 bits per heavy atom. The molecule has 0 amide bonds. The van der Waals surface area contributed by atoms with Crippen molar-refractivity contribution in [2.75, 3.05) is 7.11 Å². The highest BCUT2D eigenvalue weighted by atomic mass is 16.5. The average Bonchev–Trinajstić information content (AvgIpc) is 2.37. The van der Waals surface area contributed by atoms with Gasteiger partial charge in [0.2, 0.25) is 0 Å². The topological polar surface area (TPSA) is 46.5 Å². The van der Waals surface area contributed by atoms with Gasteiger partial charge in [-0.05, 0) is 26.0 Å². The van der Waals surface area contributed by atoms with Gasteiger partial charge in [0.05, 0.1) is 12.7 Å². The van der Waals surface area contributed by atoms with Gasteiger partial charge in [0.15, 0.2) is 0 Å². The van der Waals surface area contributed by atoms with E-state index >= 15 is 0 Å². The average molecular weight is 260 g/mol. The number of methoxy groups -OCH3 is 1. The maximum absolute atomic E-state index is 10.9. The summed E-state index contributed by atoms with van der Waals surface area (Å²) in [5.41, 5.74) is 2.45. The summed E-state index contributed by atoms with van der Waals surface area (Å²) >= 11 is 0. The predicted octanol–water partition coefficient (Wildman–Crippen LogP) is 4.02. The molecule has 3 heteroatoms. The second kappa shape index (κ2) is 6.78. The highest BCUT2D eigenvalue weighted by molar-refractivity contribution is 5.88. The fourth-order valence-corrected chi connectivity index (χ4v) is 1.74. The van der Waals surface area contributed by atoms with Gasteiger partial charge < -0.3 is 9.84 Å². The van der Waals surface area contributed by atoms with Crippen LogP contribution in [0.4, 0.5) is 0 Å². The number of carboxylic acid groups (broad SMARTS) is 1. The van der Waals surface area contributed by atoms with Crippen molar-refractivity contribution in [3.63, 3.8) is 0 Å². The molecule has 3 nitrogen and oxygen atoms in total. The Labute approximate surface area is 114 Å². The number of aromatic carboxylic acids is 1. The summed E-state index contributed by atoms with van der Waals surface area (Å²) in [7, 11) is 1.55. The Morgan fingerprint density at radius 3 is 2.58 bits per heavy atom. The van der Waals surface area contributed by atoms with E-state index in [0.29, 0.717) is 5.75 Å². The fourth-order valence-electron chi connectivity index (χ4n) is 1.74. The monoisotopic (exact) mass is 260 g/mol. The molecule has 0 aliphatic rings. The lowest BCUT2D eigenvalue weighted by atomic mass is 9.98. The van der Waals surface area contributed by atoms with Crippen molar-refractivity contribution in [2.45, 2.75) is 26.7 Å². The molecule has 1 rings (SSSR count). The van der Waals surface area contributed by atoms with Gasteiger partial charge in [0.25, 0.3) is 0 Å². The summed E-state index contributed by atoms with van der Waals surface area (Å²) in [5, 5.41) is 8.96. The first kappa shape index (κ1) is 15.0. The van der Waals surface area contributed by atoms with Crippen LogP contribution in [0.3, 0.4) is 0 Å². The summed E-state index contributed by atoms with van der Waals surface area (Å²) in [6.45, 7) is 6.13. The van der Waals surface area contributed by atoms with Crippen LogP contribution in [-0.4, -0.2) is 18.2 Å². The zero-order valence-electron chi connectivity index (χ0n) is 11.8. The van der Waals surface area contributed by atoms with E-state index in [0.717, 1.165) is 5.56 Å². The molecule has 0 bridgehead atoms. The quantitative estimate of drug-likeness (QED) is 0.813. The van der Waals surface area contributed by atoms with Crippen LogP contribution in [0.1, 0.15) is 42.6 Å². The second-order valence-corrected chi connectivity index (χ2v) is 4.68. The second-order valence-electron chi connectivity index (χ2n) is 4.68. The normalized spacial score (nSPS) is 12.2. The van der Waals surface area contributed by atoms with E-state index in [9.17, 15) is 4.79 Å². The number of carboxylic acids is 1. The lowest BCUT2D eigenvalue weighted by Crippen LogP contribution is -2.01. The Bertz CT molecular complexity index is 509. The van der Waals surface area contributed by atoms with Crippen LogP contribution in [0.25, 0.3) is 0 Å². The zero-order chi connectivity index (χ0) is 14.4. The molecule has 1 N–H and O–H groups in total. The number of hydrogen-bond acceptors (Lipinski definition) is 2. The molecule has 0 aliphatic carbocycles. The highest BCUT2D eigenvalue weighted by Crippen LogP contribution is 2.28. The Balaban J connectivity index is 3.03. The molecule has 1 aromatic rings. The van der Waals surface area contributed by atoms with Gasteiger partial charge in [-0.15, -0.1) is 0 Å². The molecule has 19 heavy (non-hydrogen) atoms. The van der Waals surface area contributed by atoms with Crippen LogP contribution in [0.5, 0.6) is 5.75 Å². The molecule has 0 unspecified atom stereocenters. The highest BCUT2D eigenvalue weighted by Gasteiger charge is 2.12. The predicted molar refractivity (Wildman–Crippen MR) is 76.9 cm³/mol. The Hall–Kier alpha value is -2.03. The Kier molecular flexibility index (Phi) is 5.37. The summed E-state index contributed by atoms with van der Waals surface area (Å²) in [4.78, 5) is 10.9. The SMILES string of the molecule is COc1cc(C(=O)O)ccc1[C@H](C)/C=C/C=C(C)C. The molecule has 0 aliphatic heterocycles. The molecular formula is C16H20O3. The lowest BCUT2D eigenvalue weighted by molar-refractivity contribution is 0.0696. The minimum atomic E-state index is -0.947. The molecule has 102 valence electrons. The van der Waals surface area contributed by atoms with Crippen LogP contribution in [-0.2, 0) is 0 Å². The van der Waals surface area contributed by atoms with Gasteiger partial charge in [0, 0.05) is 11.5 Å². The van der Waals surface area contributed by atoms with Gasteiger partial charge in [-0.2, -0.15) is 0 Å².